The quantitative estimate of drug-likeness (QED) is 0.178. The van der Waals surface area contributed by atoms with Gasteiger partial charge in [-0.05, 0) is 42.8 Å². The average molecular weight is 362 g/mol. The number of thioether (sulfide) groups is 1. The summed E-state index contributed by atoms with van der Waals surface area (Å²) in [5.74, 6) is -0.857. The van der Waals surface area contributed by atoms with E-state index >= 15 is 0 Å². The van der Waals surface area contributed by atoms with Gasteiger partial charge in [0.2, 0.25) is 5.78 Å². The van der Waals surface area contributed by atoms with Crippen LogP contribution < -0.4 is 0 Å². The summed E-state index contributed by atoms with van der Waals surface area (Å²) in [7, 11) is 0. The Labute approximate surface area is 149 Å². The second-order valence-corrected chi connectivity index (χ2v) is 6.38. The van der Waals surface area contributed by atoms with E-state index in [-0.39, 0.29) is 11.5 Å². The van der Waals surface area contributed by atoms with Crippen LogP contribution in [-0.2, 0) is 4.84 Å². The Morgan fingerprint density at radius 2 is 1.71 bits per heavy atom. The Morgan fingerprint density at radius 1 is 1.04 bits per heavy atom. The average Bonchev–Trinajstić information content (AvgIpc) is 2.63. The predicted octanol–water partition coefficient (Wildman–Crippen LogP) is 4.78. The van der Waals surface area contributed by atoms with Crippen LogP contribution in [0.1, 0.15) is 34.1 Å². The molecule has 24 heavy (non-hydrogen) atoms. The number of Topliss-reactive ketones (excluding diaryl/α,β-unsaturated/α-hetero) is 1. The van der Waals surface area contributed by atoms with Crippen LogP contribution in [0.4, 0.5) is 0 Å². The van der Waals surface area contributed by atoms with Gasteiger partial charge in [-0.15, -0.1) is 23.4 Å². The van der Waals surface area contributed by atoms with Crippen molar-refractivity contribution in [2.24, 2.45) is 5.16 Å². The lowest BCUT2D eigenvalue weighted by molar-refractivity contribution is 0.0515. The molecule has 0 bridgehead atoms. The maximum atomic E-state index is 12.4. The number of carbonyl (C=O) groups is 2. The lowest BCUT2D eigenvalue weighted by atomic mass is 10.1. The van der Waals surface area contributed by atoms with Crippen LogP contribution >= 0.6 is 23.4 Å². The highest BCUT2D eigenvalue weighted by Crippen LogP contribution is 2.19. The largest absolute Gasteiger partial charge is 0.365 e. The monoisotopic (exact) mass is 361 g/mol. The number of carbonyl (C=O) groups excluding carboxylic acids is 2. The van der Waals surface area contributed by atoms with Crippen LogP contribution in [0.3, 0.4) is 0 Å². The maximum Gasteiger partial charge on any atom is 0.365 e. The van der Waals surface area contributed by atoms with E-state index < -0.39 is 5.97 Å². The molecule has 0 aliphatic rings. The molecule has 0 unspecified atom stereocenters. The first-order valence-corrected chi connectivity index (χ1v) is 8.84. The first kappa shape index (κ1) is 18.2. The molecular weight excluding hydrogens is 346 g/mol. The first-order chi connectivity index (χ1) is 11.7. The van der Waals surface area contributed by atoms with Gasteiger partial charge < -0.3 is 4.84 Å². The molecular formula is C18H16ClNO3S. The smallest absolute Gasteiger partial charge is 0.312 e. The van der Waals surface area contributed by atoms with E-state index in [0.717, 1.165) is 4.90 Å². The van der Waals surface area contributed by atoms with Crippen molar-refractivity contribution in [3.05, 3.63) is 65.7 Å². The van der Waals surface area contributed by atoms with Crippen molar-refractivity contribution < 1.29 is 14.4 Å². The highest BCUT2D eigenvalue weighted by molar-refractivity contribution is 8.00. The summed E-state index contributed by atoms with van der Waals surface area (Å²) < 4.78 is 0. The third kappa shape index (κ3) is 4.94. The Kier molecular flexibility index (Phi) is 7.03. The Balaban J connectivity index is 2.09. The molecule has 6 heteroatoms. The number of benzene rings is 2. The van der Waals surface area contributed by atoms with Gasteiger partial charge in [0, 0.05) is 10.5 Å². The minimum atomic E-state index is -0.594. The van der Waals surface area contributed by atoms with Crippen LogP contribution in [0.25, 0.3) is 0 Å². The summed E-state index contributed by atoms with van der Waals surface area (Å²) in [6.07, 6.45) is 0.360. The molecule has 0 aromatic heterocycles. The fourth-order valence-electron chi connectivity index (χ4n) is 1.92. The van der Waals surface area contributed by atoms with Crippen molar-refractivity contribution in [3.63, 3.8) is 0 Å². The van der Waals surface area contributed by atoms with E-state index in [2.05, 4.69) is 5.16 Å². The van der Waals surface area contributed by atoms with Gasteiger partial charge >= 0.3 is 5.97 Å². The molecule has 0 spiro atoms. The molecule has 0 fully saturated rings. The number of rotatable bonds is 7. The van der Waals surface area contributed by atoms with Crippen molar-refractivity contribution in [2.75, 3.05) is 5.21 Å². The lowest BCUT2D eigenvalue weighted by Gasteiger charge is -2.04. The van der Waals surface area contributed by atoms with Crippen LogP contribution in [-0.4, -0.2) is 22.7 Å². The number of hydrogen-bond donors (Lipinski definition) is 0. The normalized spacial score (nSPS) is 11.2. The Hall–Kier alpha value is -2.11. The highest BCUT2D eigenvalue weighted by atomic mass is 35.5. The zero-order chi connectivity index (χ0) is 17.4. The molecule has 0 N–H and O–H groups in total. The van der Waals surface area contributed by atoms with E-state index in [1.807, 2.05) is 12.1 Å². The molecule has 0 heterocycles. The van der Waals surface area contributed by atoms with E-state index in [9.17, 15) is 9.59 Å². The fraction of sp³-hybridized carbons (Fsp3) is 0.167. The van der Waals surface area contributed by atoms with E-state index in [0.29, 0.717) is 22.8 Å². The van der Waals surface area contributed by atoms with Gasteiger partial charge in [0.05, 0.1) is 10.8 Å². The molecule has 0 saturated carbocycles. The number of oxime groups is 1. The summed E-state index contributed by atoms with van der Waals surface area (Å²) in [5.41, 5.74) is 1.06. The molecule has 2 rings (SSSR count). The molecule has 0 radical (unpaired) electrons. The van der Waals surface area contributed by atoms with Gasteiger partial charge in [-0.3, -0.25) is 4.79 Å². The highest BCUT2D eigenvalue weighted by Gasteiger charge is 2.15. The molecule has 0 aliphatic carbocycles. The third-order valence-electron chi connectivity index (χ3n) is 3.18. The molecule has 0 saturated heterocycles. The van der Waals surface area contributed by atoms with Crippen LogP contribution in [0, 0.1) is 0 Å². The Bertz CT molecular complexity index is 730. The van der Waals surface area contributed by atoms with Crippen molar-refractivity contribution in [1.29, 1.82) is 0 Å². The SMILES string of the molecule is CC/C(=N\OC(=O)c1ccccc1)C(=O)c1ccc(SCCl)cc1. The summed E-state index contributed by atoms with van der Waals surface area (Å²) in [6, 6.07) is 15.6. The van der Waals surface area contributed by atoms with Gasteiger partial charge in [-0.2, -0.15) is 0 Å². The standard InChI is InChI=1S/C18H16ClNO3S/c1-2-16(20-23-18(22)14-6-4-3-5-7-14)17(21)13-8-10-15(11-9-13)24-12-19/h3-11H,2,12H2,1H3/b20-16+. The summed E-state index contributed by atoms with van der Waals surface area (Å²) in [4.78, 5) is 30.2. The molecule has 0 aliphatic heterocycles. The lowest BCUT2D eigenvalue weighted by Crippen LogP contribution is -2.15. The van der Waals surface area contributed by atoms with E-state index in [1.54, 1.807) is 49.4 Å². The van der Waals surface area contributed by atoms with Crippen LogP contribution in [0.2, 0.25) is 0 Å². The molecule has 0 amide bonds. The van der Waals surface area contributed by atoms with E-state index in [4.69, 9.17) is 16.4 Å². The summed E-state index contributed by atoms with van der Waals surface area (Å²) in [5, 5.41) is 4.19. The number of ketones is 1. The Morgan fingerprint density at radius 3 is 2.29 bits per heavy atom. The van der Waals surface area contributed by atoms with Crippen molar-refractivity contribution in [1.82, 2.24) is 0 Å². The number of halogens is 1. The number of alkyl halides is 1. The zero-order valence-electron chi connectivity index (χ0n) is 13.1. The molecule has 0 atom stereocenters. The second-order valence-electron chi connectivity index (χ2n) is 4.74. The molecule has 4 nitrogen and oxygen atoms in total. The first-order valence-electron chi connectivity index (χ1n) is 7.32. The fourth-order valence-corrected chi connectivity index (χ4v) is 2.75. The van der Waals surface area contributed by atoms with Crippen molar-refractivity contribution >= 4 is 40.8 Å². The summed E-state index contributed by atoms with van der Waals surface area (Å²) >= 11 is 7.14. The predicted molar refractivity (Wildman–Crippen MR) is 96.9 cm³/mol. The third-order valence-corrected chi connectivity index (χ3v) is 4.22. The van der Waals surface area contributed by atoms with Gasteiger partial charge in [0.1, 0.15) is 5.71 Å². The van der Waals surface area contributed by atoms with Crippen LogP contribution in [0.15, 0.2) is 64.6 Å². The minimum absolute atomic E-state index is 0.192. The minimum Gasteiger partial charge on any atom is -0.312 e. The molecule has 124 valence electrons. The molecule has 2 aromatic rings. The second kappa shape index (κ2) is 9.25. The topological polar surface area (TPSA) is 55.7 Å². The van der Waals surface area contributed by atoms with Gasteiger partial charge in [-0.1, -0.05) is 30.3 Å². The zero-order valence-corrected chi connectivity index (χ0v) is 14.6. The molecule has 2 aromatic carbocycles. The van der Waals surface area contributed by atoms with Gasteiger partial charge in [0.15, 0.2) is 0 Å². The maximum absolute atomic E-state index is 12.4. The van der Waals surface area contributed by atoms with Gasteiger partial charge in [-0.25, -0.2) is 4.79 Å². The number of nitrogens with zero attached hydrogens (tertiary/aromatic N) is 1. The summed E-state index contributed by atoms with van der Waals surface area (Å²) in [6.45, 7) is 1.78. The van der Waals surface area contributed by atoms with Crippen LogP contribution in [0.5, 0.6) is 0 Å². The van der Waals surface area contributed by atoms with Crippen molar-refractivity contribution in [3.8, 4) is 0 Å². The number of hydrogen-bond acceptors (Lipinski definition) is 5. The van der Waals surface area contributed by atoms with Crippen molar-refractivity contribution in [2.45, 2.75) is 18.2 Å². The van der Waals surface area contributed by atoms with E-state index in [1.165, 1.54) is 11.8 Å². The van der Waals surface area contributed by atoms with Gasteiger partial charge in [0.25, 0.3) is 0 Å².